The number of amides is 1. The van der Waals surface area contributed by atoms with E-state index in [1.54, 1.807) is 35.1 Å². The van der Waals surface area contributed by atoms with Crippen molar-refractivity contribution in [2.75, 3.05) is 19.6 Å². The topological polar surface area (TPSA) is 117 Å². The Labute approximate surface area is 222 Å². The molecule has 1 saturated heterocycles. The quantitative estimate of drug-likeness (QED) is 0.270. The Balaban J connectivity index is 1.80. The highest BCUT2D eigenvalue weighted by molar-refractivity contribution is 7.89. The molecule has 2 unspecified atom stereocenters. The van der Waals surface area contributed by atoms with Crippen molar-refractivity contribution < 1.29 is 17.9 Å². The Bertz CT molecular complexity index is 1500. The Hall–Kier alpha value is -4.04. The first-order valence-corrected chi connectivity index (χ1v) is 13.6. The molecule has 0 radical (unpaired) electrons. The van der Waals surface area contributed by atoms with Crippen LogP contribution in [0.3, 0.4) is 0 Å². The molecule has 3 aromatic rings. The number of carbonyl (C=O) groups is 1. The van der Waals surface area contributed by atoms with Crippen LogP contribution in [0, 0.1) is 11.3 Å². The van der Waals surface area contributed by atoms with Gasteiger partial charge in [-0.05, 0) is 44.2 Å². The van der Waals surface area contributed by atoms with Crippen molar-refractivity contribution in [3.8, 4) is 23.0 Å². The number of para-hydroxylation sites is 1. The summed E-state index contributed by atoms with van der Waals surface area (Å²) in [7, 11) is -3.79. The first kappa shape index (κ1) is 27.0. The maximum Gasteiger partial charge on any atom is 0.262 e. The number of hydrogen-bond acceptors (Lipinski definition) is 6. The molecule has 0 bridgehead atoms. The van der Waals surface area contributed by atoms with Crippen molar-refractivity contribution in [1.82, 2.24) is 19.4 Å². The number of ether oxygens (including phenoxy) is 1. The number of rotatable bonds is 8. The lowest BCUT2D eigenvalue weighted by Crippen LogP contribution is -2.48. The lowest BCUT2D eigenvalue weighted by Gasteiger charge is -2.34. The predicted octanol–water partition coefficient (Wildman–Crippen LogP) is 3.55. The number of hydrogen-bond donors (Lipinski definition) is 1. The summed E-state index contributed by atoms with van der Waals surface area (Å²) >= 11 is 0. The van der Waals surface area contributed by atoms with E-state index >= 15 is 0 Å². The second-order valence-electron chi connectivity index (χ2n) is 8.99. The minimum Gasteiger partial charge on any atom is -0.373 e. The molecule has 196 valence electrons. The fourth-order valence-corrected chi connectivity index (χ4v) is 5.91. The molecule has 2 aromatic carbocycles. The van der Waals surface area contributed by atoms with Gasteiger partial charge in [0.1, 0.15) is 17.3 Å². The SMILES string of the molecule is C=CCNC(=O)/C(C#N)=C\c1cn(-c2ccccc2)nc1-c1cccc(S(=O)(=O)N2CC(C)OC(C)C2)c1. The highest BCUT2D eigenvalue weighted by Gasteiger charge is 2.32. The van der Waals surface area contributed by atoms with Gasteiger partial charge in [0, 0.05) is 37.0 Å². The van der Waals surface area contributed by atoms with E-state index in [2.05, 4.69) is 11.9 Å². The molecular weight excluding hydrogens is 502 g/mol. The summed E-state index contributed by atoms with van der Waals surface area (Å²) in [6, 6.07) is 17.8. The number of benzene rings is 2. The Morgan fingerprint density at radius 3 is 2.55 bits per heavy atom. The molecule has 1 fully saturated rings. The van der Waals surface area contributed by atoms with Crippen LogP contribution in [0.1, 0.15) is 19.4 Å². The Morgan fingerprint density at radius 2 is 1.89 bits per heavy atom. The Morgan fingerprint density at radius 1 is 1.18 bits per heavy atom. The number of aromatic nitrogens is 2. The molecule has 4 rings (SSSR count). The van der Waals surface area contributed by atoms with Crippen molar-refractivity contribution in [3.63, 3.8) is 0 Å². The van der Waals surface area contributed by atoms with Crippen molar-refractivity contribution in [2.24, 2.45) is 0 Å². The molecule has 0 spiro atoms. The van der Waals surface area contributed by atoms with Gasteiger partial charge >= 0.3 is 0 Å². The van der Waals surface area contributed by atoms with Gasteiger partial charge in [-0.3, -0.25) is 4.79 Å². The van der Waals surface area contributed by atoms with E-state index in [9.17, 15) is 18.5 Å². The highest BCUT2D eigenvalue weighted by atomic mass is 32.2. The average molecular weight is 532 g/mol. The fourth-order valence-electron chi connectivity index (χ4n) is 4.27. The van der Waals surface area contributed by atoms with E-state index in [0.29, 0.717) is 16.8 Å². The number of nitriles is 1. The van der Waals surface area contributed by atoms with Crippen molar-refractivity contribution >= 4 is 22.0 Å². The Kier molecular flexibility index (Phi) is 8.22. The monoisotopic (exact) mass is 531 g/mol. The van der Waals surface area contributed by atoms with Gasteiger partial charge in [-0.25, -0.2) is 13.1 Å². The van der Waals surface area contributed by atoms with E-state index in [1.165, 1.54) is 16.5 Å². The molecule has 1 amide bonds. The lowest BCUT2D eigenvalue weighted by atomic mass is 10.1. The van der Waals surface area contributed by atoms with Crippen molar-refractivity contribution in [1.29, 1.82) is 5.26 Å². The van der Waals surface area contributed by atoms with Gasteiger partial charge < -0.3 is 10.1 Å². The van der Waals surface area contributed by atoms with Crippen LogP contribution in [0.4, 0.5) is 0 Å². The normalized spacial score (nSPS) is 18.5. The smallest absolute Gasteiger partial charge is 0.262 e. The molecule has 2 atom stereocenters. The summed E-state index contributed by atoms with van der Waals surface area (Å²) in [6.07, 6.45) is 4.24. The summed E-state index contributed by atoms with van der Waals surface area (Å²) in [5.41, 5.74) is 2.11. The average Bonchev–Trinajstić information content (AvgIpc) is 3.34. The van der Waals surface area contributed by atoms with Gasteiger partial charge in [0.2, 0.25) is 10.0 Å². The number of nitrogens with one attached hydrogen (secondary N) is 1. The zero-order valence-electron chi connectivity index (χ0n) is 21.2. The lowest BCUT2D eigenvalue weighted by molar-refractivity contribution is -0.116. The van der Waals surface area contributed by atoms with E-state index in [4.69, 9.17) is 9.84 Å². The van der Waals surface area contributed by atoms with E-state index in [1.807, 2.05) is 50.2 Å². The second kappa shape index (κ2) is 11.6. The van der Waals surface area contributed by atoms with Crippen molar-refractivity contribution in [3.05, 3.63) is 84.6 Å². The summed E-state index contributed by atoms with van der Waals surface area (Å²) in [6.45, 7) is 8.01. The first-order valence-electron chi connectivity index (χ1n) is 12.1. The van der Waals surface area contributed by atoms with Crippen LogP contribution in [-0.4, -0.2) is 60.3 Å². The fraction of sp³-hybridized carbons (Fsp3) is 0.250. The van der Waals surface area contributed by atoms with Gasteiger partial charge in [-0.15, -0.1) is 6.58 Å². The molecule has 38 heavy (non-hydrogen) atoms. The zero-order valence-corrected chi connectivity index (χ0v) is 22.1. The molecule has 0 aliphatic carbocycles. The third kappa shape index (κ3) is 5.92. The summed E-state index contributed by atoms with van der Waals surface area (Å²) in [5.74, 6) is -0.544. The van der Waals surface area contributed by atoms with Crippen LogP contribution in [-0.2, 0) is 19.6 Å². The minimum atomic E-state index is -3.79. The van der Waals surface area contributed by atoms with Crippen LogP contribution in [0.5, 0.6) is 0 Å². The summed E-state index contributed by atoms with van der Waals surface area (Å²) < 4.78 is 35.8. The zero-order chi connectivity index (χ0) is 27.3. The number of sulfonamides is 1. The second-order valence-corrected chi connectivity index (χ2v) is 10.9. The van der Waals surface area contributed by atoms with Crippen LogP contribution >= 0.6 is 0 Å². The molecule has 1 aliphatic heterocycles. The highest BCUT2D eigenvalue weighted by Crippen LogP contribution is 2.29. The van der Waals surface area contributed by atoms with Crippen LogP contribution in [0.2, 0.25) is 0 Å². The molecule has 1 aromatic heterocycles. The largest absolute Gasteiger partial charge is 0.373 e. The van der Waals surface area contributed by atoms with Gasteiger partial charge in [0.25, 0.3) is 5.91 Å². The molecule has 10 heteroatoms. The molecule has 1 N–H and O–H groups in total. The van der Waals surface area contributed by atoms with Gasteiger partial charge in [0.15, 0.2) is 0 Å². The van der Waals surface area contributed by atoms with Gasteiger partial charge in [-0.1, -0.05) is 36.4 Å². The number of carbonyl (C=O) groups excluding carboxylic acids is 1. The van der Waals surface area contributed by atoms with E-state index in [-0.39, 0.29) is 42.3 Å². The third-order valence-electron chi connectivity index (χ3n) is 5.97. The maximum absolute atomic E-state index is 13.5. The molecule has 2 heterocycles. The van der Waals surface area contributed by atoms with Crippen LogP contribution in [0.25, 0.3) is 23.0 Å². The summed E-state index contributed by atoms with van der Waals surface area (Å²) in [5, 5.41) is 17.0. The van der Waals surface area contributed by atoms with E-state index < -0.39 is 15.9 Å². The molecule has 9 nitrogen and oxygen atoms in total. The van der Waals surface area contributed by atoms with Crippen molar-refractivity contribution in [2.45, 2.75) is 31.0 Å². The first-order chi connectivity index (χ1) is 18.2. The van der Waals surface area contributed by atoms with Crippen LogP contribution < -0.4 is 5.32 Å². The maximum atomic E-state index is 13.5. The van der Waals surface area contributed by atoms with Crippen LogP contribution in [0.15, 0.2) is 83.9 Å². The predicted molar refractivity (Wildman–Crippen MR) is 145 cm³/mol. The number of nitrogens with zero attached hydrogens (tertiary/aromatic N) is 4. The standard InChI is InChI=1S/C28H29N5O4S/c1-4-13-30-28(34)23(16-29)14-24-19-33(25-10-6-5-7-11-25)31-27(24)22-9-8-12-26(15-22)38(35,36)32-17-20(2)37-21(3)18-32/h4-12,14-15,19-21H,1,13,17-18H2,2-3H3,(H,30,34)/b23-14-. The van der Waals surface area contributed by atoms with E-state index in [0.717, 1.165) is 5.69 Å². The molecule has 1 aliphatic rings. The third-order valence-corrected chi connectivity index (χ3v) is 7.79. The molecule has 0 saturated carbocycles. The number of morpholine rings is 1. The van der Waals surface area contributed by atoms with Gasteiger partial charge in [0.05, 0.1) is 22.8 Å². The van der Waals surface area contributed by atoms with Gasteiger partial charge in [-0.2, -0.15) is 14.7 Å². The minimum absolute atomic E-state index is 0.110. The summed E-state index contributed by atoms with van der Waals surface area (Å²) in [4.78, 5) is 12.6. The molecular formula is C28H29N5O4S.